The van der Waals surface area contributed by atoms with Crippen LogP contribution in [0.15, 0.2) is 17.4 Å². The lowest BCUT2D eigenvalue weighted by Crippen LogP contribution is -2.00. The second-order valence-corrected chi connectivity index (χ2v) is 3.32. The predicted molar refractivity (Wildman–Crippen MR) is 46.9 cm³/mol. The Bertz CT molecular complexity index is 359. The largest absolute Gasteiger partial charge is 0.273 e. The molecule has 4 heteroatoms. The van der Waals surface area contributed by atoms with E-state index in [0.29, 0.717) is 0 Å². The summed E-state index contributed by atoms with van der Waals surface area (Å²) in [6.07, 6.45) is 7.26. The van der Waals surface area contributed by atoms with Gasteiger partial charge in [-0.3, -0.25) is 4.68 Å². The van der Waals surface area contributed by atoms with Gasteiger partial charge in [0.1, 0.15) is 5.54 Å². The maximum Gasteiger partial charge on any atom is 0.235 e. The molecule has 2 rings (SSSR count). The summed E-state index contributed by atoms with van der Waals surface area (Å²) in [4.78, 5) is 14.0. The highest BCUT2D eigenvalue weighted by Gasteiger charge is 2.45. The molecule has 0 aromatic carbocycles. The van der Waals surface area contributed by atoms with E-state index in [1.54, 1.807) is 12.3 Å². The van der Waals surface area contributed by atoms with Crippen molar-refractivity contribution >= 4 is 6.08 Å². The molecule has 1 fully saturated rings. The van der Waals surface area contributed by atoms with Crippen molar-refractivity contribution in [2.24, 2.45) is 4.99 Å². The van der Waals surface area contributed by atoms with Crippen LogP contribution in [0.4, 0.5) is 0 Å². The molecule has 1 aromatic heterocycles. The highest BCUT2D eigenvalue weighted by atomic mass is 16.1. The number of aliphatic imine (C=N–C) groups is 1. The summed E-state index contributed by atoms with van der Waals surface area (Å²) in [5.41, 5.74) is 0.771. The molecule has 1 saturated carbocycles. The summed E-state index contributed by atoms with van der Waals surface area (Å²) in [5, 5.41) is 4.15. The molecule has 1 aliphatic carbocycles. The minimum Gasteiger partial charge on any atom is -0.273 e. The number of hydrogen-bond acceptors (Lipinski definition) is 3. The van der Waals surface area contributed by atoms with Gasteiger partial charge in [-0.15, -0.1) is 0 Å². The molecular formula is C9H11N3O. The van der Waals surface area contributed by atoms with Gasteiger partial charge in [0.05, 0.1) is 6.20 Å². The maximum atomic E-state index is 10.2. The normalized spacial score (nSPS) is 17.9. The van der Waals surface area contributed by atoms with Gasteiger partial charge in [-0.05, 0) is 19.8 Å². The number of aryl methyl sites for hydroxylation is 1. The molecule has 0 amide bonds. The topological polar surface area (TPSA) is 47.2 Å². The molecule has 0 radical (unpaired) electrons. The summed E-state index contributed by atoms with van der Waals surface area (Å²) >= 11 is 0. The monoisotopic (exact) mass is 177 g/mol. The minimum atomic E-state index is -0.269. The van der Waals surface area contributed by atoms with E-state index in [0.717, 1.165) is 24.9 Å². The fourth-order valence-corrected chi connectivity index (χ4v) is 1.45. The molecule has 0 bridgehead atoms. The third-order valence-corrected chi connectivity index (χ3v) is 2.48. The Kier molecular flexibility index (Phi) is 1.78. The predicted octanol–water partition coefficient (Wildman–Crippen LogP) is 1.23. The standard InChI is InChI=1S/C9H11N3O/c1-2-12-6-8(5-11-12)9(3-4-9)10-7-13/h5-6H,2-4H2,1H3. The van der Waals surface area contributed by atoms with Gasteiger partial charge in [0.2, 0.25) is 6.08 Å². The van der Waals surface area contributed by atoms with E-state index < -0.39 is 0 Å². The van der Waals surface area contributed by atoms with Gasteiger partial charge in [0.15, 0.2) is 0 Å². The van der Waals surface area contributed by atoms with Crippen molar-refractivity contribution in [3.8, 4) is 0 Å². The molecular weight excluding hydrogens is 166 g/mol. The van der Waals surface area contributed by atoms with Crippen LogP contribution in [0.1, 0.15) is 25.3 Å². The molecule has 0 saturated heterocycles. The van der Waals surface area contributed by atoms with Crippen LogP contribution in [0.2, 0.25) is 0 Å². The van der Waals surface area contributed by atoms with Crippen LogP contribution < -0.4 is 0 Å². The minimum absolute atomic E-state index is 0.269. The third-order valence-electron chi connectivity index (χ3n) is 2.48. The third kappa shape index (κ3) is 1.29. The van der Waals surface area contributed by atoms with Crippen molar-refractivity contribution in [1.29, 1.82) is 0 Å². The first-order valence-corrected chi connectivity index (χ1v) is 4.43. The highest BCUT2D eigenvalue weighted by Crippen LogP contribution is 2.48. The lowest BCUT2D eigenvalue weighted by Gasteiger charge is -2.01. The van der Waals surface area contributed by atoms with Crippen LogP contribution in [-0.4, -0.2) is 15.9 Å². The first kappa shape index (κ1) is 8.20. The number of carbonyl (C=O) groups excluding carboxylic acids is 1. The zero-order valence-corrected chi connectivity index (χ0v) is 7.53. The molecule has 1 aliphatic rings. The summed E-state index contributed by atoms with van der Waals surface area (Å²) in [6.45, 7) is 2.88. The maximum absolute atomic E-state index is 10.2. The lowest BCUT2D eigenvalue weighted by atomic mass is 10.1. The number of nitrogens with zero attached hydrogens (tertiary/aromatic N) is 3. The molecule has 1 aromatic rings. The van der Waals surface area contributed by atoms with Gasteiger partial charge in [0.25, 0.3) is 0 Å². The molecule has 0 N–H and O–H groups in total. The van der Waals surface area contributed by atoms with Gasteiger partial charge in [-0.2, -0.15) is 10.1 Å². The fourth-order valence-electron chi connectivity index (χ4n) is 1.45. The van der Waals surface area contributed by atoms with E-state index in [1.165, 1.54) is 0 Å². The van der Waals surface area contributed by atoms with Gasteiger partial charge in [-0.1, -0.05) is 0 Å². The number of aromatic nitrogens is 2. The molecule has 0 unspecified atom stereocenters. The van der Waals surface area contributed by atoms with E-state index >= 15 is 0 Å². The van der Waals surface area contributed by atoms with Crippen molar-refractivity contribution in [2.75, 3.05) is 0 Å². The summed E-state index contributed by atoms with van der Waals surface area (Å²) in [7, 11) is 0. The van der Waals surface area contributed by atoms with E-state index in [2.05, 4.69) is 10.1 Å². The average molecular weight is 177 g/mol. The number of hydrogen-bond donors (Lipinski definition) is 0. The second kappa shape index (κ2) is 2.82. The highest BCUT2D eigenvalue weighted by molar-refractivity contribution is 5.40. The quantitative estimate of drug-likeness (QED) is 0.515. The molecule has 0 atom stereocenters. The zero-order chi connectivity index (χ0) is 9.31. The summed E-state index contributed by atoms with van der Waals surface area (Å²) in [5.74, 6) is 0. The van der Waals surface area contributed by atoms with Crippen LogP contribution in [0.5, 0.6) is 0 Å². The van der Waals surface area contributed by atoms with E-state index in [9.17, 15) is 4.79 Å². The molecule has 1 heterocycles. The fraction of sp³-hybridized carbons (Fsp3) is 0.556. The first-order valence-electron chi connectivity index (χ1n) is 4.43. The zero-order valence-electron chi connectivity index (χ0n) is 7.53. The Hall–Kier alpha value is -1.41. The van der Waals surface area contributed by atoms with Crippen molar-refractivity contribution in [2.45, 2.75) is 31.8 Å². The van der Waals surface area contributed by atoms with E-state index in [-0.39, 0.29) is 5.54 Å². The number of rotatable bonds is 3. The average Bonchev–Trinajstić information content (AvgIpc) is 2.78. The Balaban J connectivity index is 2.30. The van der Waals surface area contributed by atoms with Gasteiger partial charge in [-0.25, -0.2) is 4.79 Å². The van der Waals surface area contributed by atoms with E-state index in [1.807, 2.05) is 17.8 Å². The van der Waals surface area contributed by atoms with Crippen molar-refractivity contribution < 1.29 is 4.79 Å². The van der Waals surface area contributed by atoms with Crippen LogP contribution in [0.3, 0.4) is 0 Å². The van der Waals surface area contributed by atoms with E-state index in [4.69, 9.17) is 0 Å². The smallest absolute Gasteiger partial charge is 0.235 e. The van der Waals surface area contributed by atoms with Crippen LogP contribution in [-0.2, 0) is 16.9 Å². The van der Waals surface area contributed by atoms with Crippen LogP contribution >= 0.6 is 0 Å². The number of isocyanates is 1. The van der Waals surface area contributed by atoms with Gasteiger partial charge < -0.3 is 0 Å². The van der Waals surface area contributed by atoms with Crippen LogP contribution in [0.25, 0.3) is 0 Å². The Morgan fingerprint density at radius 3 is 3.00 bits per heavy atom. The Morgan fingerprint density at radius 2 is 2.54 bits per heavy atom. The first-order chi connectivity index (χ1) is 6.30. The van der Waals surface area contributed by atoms with Crippen molar-refractivity contribution in [3.63, 3.8) is 0 Å². The Morgan fingerprint density at radius 1 is 1.77 bits per heavy atom. The SMILES string of the molecule is CCn1cc(C2(N=C=O)CC2)cn1. The van der Waals surface area contributed by atoms with Crippen LogP contribution in [0, 0.1) is 0 Å². The lowest BCUT2D eigenvalue weighted by molar-refractivity contribution is 0.556. The molecule has 0 spiro atoms. The summed E-state index contributed by atoms with van der Waals surface area (Å²) < 4.78 is 1.84. The molecule has 4 nitrogen and oxygen atoms in total. The van der Waals surface area contributed by atoms with Gasteiger partial charge >= 0.3 is 0 Å². The Labute approximate surface area is 76.3 Å². The molecule has 68 valence electrons. The molecule has 13 heavy (non-hydrogen) atoms. The van der Waals surface area contributed by atoms with Crippen molar-refractivity contribution in [3.05, 3.63) is 18.0 Å². The van der Waals surface area contributed by atoms with Crippen molar-refractivity contribution in [1.82, 2.24) is 9.78 Å². The summed E-state index contributed by atoms with van der Waals surface area (Å²) in [6, 6.07) is 0. The second-order valence-electron chi connectivity index (χ2n) is 3.32. The molecule has 0 aliphatic heterocycles. The van der Waals surface area contributed by atoms with Gasteiger partial charge in [0, 0.05) is 18.3 Å².